The number of morpholine rings is 1. The third kappa shape index (κ3) is 4.30. The number of hydrogen-bond donors (Lipinski definition) is 1. The molecular formula is C19H22ClN3O2. The average molecular weight is 360 g/mol. The number of ether oxygens (including phenoxy) is 1. The highest BCUT2D eigenvalue weighted by molar-refractivity contribution is 6.33. The fourth-order valence-corrected chi connectivity index (χ4v) is 3.12. The van der Waals surface area contributed by atoms with Crippen LogP contribution in [-0.4, -0.2) is 42.1 Å². The van der Waals surface area contributed by atoms with Crippen LogP contribution in [0.5, 0.6) is 0 Å². The molecule has 2 heterocycles. The molecule has 2 aromatic rings. The first-order valence-electron chi connectivity index (χ1n) is 8.52. The van der Waals surface area contributed by atoms with Gasteiger partial charge >= 0.3 is 0 Å². The van der Waals surface area contributed by atoms with E-state index in [1.165, 1.54) is 11.1 Å². The largest absolute Gasteiger partial charge is 0.378 e. The van der Waals surface area contributed by atoms with Crippen LogP contribution in [0.1, 0.15) is 28.4 Å². The lowest BCUT2D eigenvalue weighted by atomic mass is 10.1. The van der Waals surface area contributed by atoms with Gasteiger partial charge in [-0.15, -0.1) is 0 Å². The zero-order valence-electron chi connectivity index (χ0n) is 14.3. The number of carbonyl (C=O) groups excluding carboxylic acids is 1. The van der Waals surface area contributed by atoms with E-state index in [4.69, 9.17) is 16.3 Å². The van der Waals surface area contributed by atoms with Gasteiger partial charge in [0.15, 0.2) is 0 Å². The molecule has 0 unspecified atom stereocenters. The van der Waals surface area contributed by atoms with Gasteiger partial charge in [-0.3, -0.25) is 4.79 Å². The number of nitrogens with zero attached hydrogens (tertiary/aromatic N) is 2. The van der Waals surface area contributed by atoms with Crippen LogP contribution in [0.4, 0.5) is 5.82 Å². The maximum Gasteiger partial charge on any atom is 0.255 e. The molecule has 1 amide bonds. The molecule has 1 N–H and O–H groups in total. The number of pyridine rings is 1. The van der Waals surface area contributed by atoms with Crippen LogP contribution in [0.15, 0.2) is 36.5 Å². The Kier molecular flexibility index (Phi) is 5.89. The second-order valence-corrected chi connectivity index (χ2v) is 6.34. The lowest BCUT2D eigenvalue weighted by Crippen LogP contribution is -2.40. The fourth-order valence-electron chi connectivity index (χ4n) is 2.89. The molecule has 0 aliphatic carbocycles. The van der Waals surface area contributed by atoms with E-state index in [0.29, 0.717) is 49.3 Å². The minimum absolute atomic E-state index is 0.0550. The molecule has 1 fully saturated rings. The molecule has 1 aliphatic rings. The number of nitrogens with one attached hydrogen (secondary N) is 1. The van der Waals surface area contributed by atoms with Gasteiger partial charge in [0.2, 0.25) is 0 Å². The molecule has 1 aromatic heterocycles. The van der Waals surface area contributed by atoms with Crippen molar-refractivity contribution in [3.8, 4) is 0 Å². The predicted octanol–water partition coefficient (Wildman–Crippen LogP) is 3.38. The second-order valence-electron chi connectivity index (χ2n) is 5.93. The Labute approximate surface area is 153 Å². The molecular weight excluding hydrogens is 338 g/mol. The molecule has 3 rings (SSSR count). The number of aryl methyl sites for hydroxylation is 1. The summed E-state index contributed by atoms with van der Waals surface area (Å²) in [6, 6.07) is 9.96. The van der Waals surface area contributed by atoms with E-state index in [0.717, 1.165) is 6.42 Å². The van der Waals surface area contributed by atoms with Crippen molar-refractivity contribution in [3.63, 3.8) is 0 Å². The summed E-state index contributed by atoms with van der Waals surface area (Å²) in [6.07, 6.45) is 2.56. The highest BCUT2D eigenvalue weighted by atomic mass is 35.5. The van der Waals surface area contributed by atoms with Gasteiger partial charge in [0, 0.05) is 25.8 Å². The monoisotopic (exact) mass is 359 g/mol. The molecule has 1 saturated heterocycles. The van der Waals surface area contributed by atoms with E-state index in [2.05, 4.69) is 29.4 Å². The van der Waals surface area contributed by atoms with Gasteiger partial charge in [-0.2, -0.15) is 0 Å². The molecule has 0 spiro atoms. The minimum atomic E-state index is -0.0550. The molecule has 0 bridgehead atoms. The summed E-state index contributed by atoms with van der Waals surface area (Å²) in [7, 11) is 0. The molecule has 5 nitrogen and oxygen atoms in total. The van der Waals surface area contributed by atoms with Crippen molar-refractivity contribution in [2.24, 2.45) is 0 Å². The van der Waals surface area contributed by atoms with Crippen LogP contribution in [0, 0.1) is 0 Å². The molecule has 132 valence electrons. The maximum atomic E-state index is 12.5. The Morgan fingerprint density at radius 1 is 1.28 bits per heavy atom. The third-order valence-electron chi connectivity index (χ3n) is 4.33. The van der Waals surface area contributed by atoms with Gasteiger partial charge in [0.1, 0.15) is 5.82 Å². The van der Waals surface area contributed by atoms with E-state index in [1.807, 2.05) is 12.1 Å². The topological polar surface area (TPSA) is 54.5 Å². The van der Waals surface area contributed by atoms with Crippen molar-refractivity contribution in [3.05, 3.63) is 58.2 Å². The van der Waals surface area contributed by atoms with Gasteiger partial charge in [-0.25, -0.2) is 4.98 Å². The van der Waals surface area contributed by atoms with Crippen LogP contribution >= 0.6 is 11.6 Å². The number of aromatic nitrogens is 1. The zero-order chi connectivity index (χ0) is 17.6. The summed E-state index contributed by atoms with van der Waals surface area (Å²) in [6.45, 7) is 5.13. The third-order valence-corrected chi connectivity index (χ3v) is 4.62. The predicted molar refractivity (Wildman–Crippen MR) is 99.1 cm³/mol. The number of hydrogen-bond acceptors (Lipinski definition) is 4. The second kappa shape index (κ2) is 8.32. The van der Waals surface area contributed by atoms with Gasteiger partial charge < -0.3 is 15.0 Å². The number of rotatable bonds is 5. The van der Waals surface area contributed by atoms with E-state index >= 15 is 0 Å². The first kappa shape index (κ1) is 17.7. The first-order valence-corrected chi connectivity index (χ1v) is 8.90. The lowest BCUT2D eigenvalue weighted by molar-refractivity contribution is 0.0302. The van der Waals surface area contributed by atoms with Crippen molar-refractivity contribution in [1.82, 2.24) is 9.88 Å². The van der Waals surface area contributed by atoms with Crippen molar-refractivity contribution < 1.29 is 9.53 Å². The standard InChI is InChI=1S/C19H22ClN3O2/c1-2-14-5-3-4-6-15(14)12-21-18-17(20)11-16(13-22-18)19(24)23-7-9-25-10-8-23/h3-6,11,13H,2,7-10,12H2,1H3,(H,21,22). The molecule has 25 heavy (non-hydrogen) atoms. The Bertz CT molecular complexity index is 745. The van der Waals surface area contributed by atoms with Crippen molar-refractivity contribution >= 4 is 23.3 Å². The number of anilines is 1. The highest BCUT2D eigenvalue weighted by Gasteiger charge is 2.19. The quantitative estimate of drug-likeness (QED) is 0.889. The average Bonchev–Trinajstić information content (AvgIpc) is 2.67. The number of halogens is 1. The normalized spacial score (nSPS) is 14.4. The van der Waals surface area contributed by atoms with Gasteiger partial charge in [0.25, 0.3) is 5.91 Å². The zero-order valence-corrected chi connectivity index (χ0v) is 15.1. The minimum Gasteiger partial charge on any atom is -0.378 e. The van der Waals surface area contributed by atoms with E-state index < -0.39 is 0 Å². The molecule has 0 atom stereocenters. The Morgan fingerprint density at radius 2 is 2.00 bits per heavy atom. The summed E-state index contributed by atoms with van der Waals surface area (Å²) in [5, 5.41) is 3.71. The smallest absolute Gasteiger partial charge is 0.255 e. The van der Waals surface area contributed by atoms with Crippen LogP contribution in [0.3, 0.4) is 0 Å². The van der Waals surface area contributed by atoms with Gasteiger partial charge in [0.05, 0.1) is 23.8 Å². The summed E-state index contributed by atoms with van der Waals surface area (Å²) in [4.78, 5) is 18.6. The van der Waals surface area contributed by atoms with Crippen LogP contribution < -0.4 is 5.32 Å². The van der Waals surface area contributed by atoms with Crippen LogP contribution in [-0.2, 0) is 17.7 Å². The molecule has 1 aromatic carbocycles. The Morgan fingerprint density at radius 3 is 2.68 bits per heavy atom. The molecule has 0 saturated carbocycles. The number of benzene rings is 1. The van der Waals surface area contributed by atoms with Crippen LogP contribution in [0.2, 0.25) is 5.02 Å². The Balaban J connectivity index is 1.68. The first-order chi connectivity index (χ1) is 12.2. The highest BCUT2D eigenvalue weighted by Crippen LogP contribution is 2.22. The SMILES string of the molecule is CCc1ccccc1CNc1ncc(C(=O)N2CCOCC2)cc1Cl. The molecule has 0 radical (unpaired) electrons. The van der Waals surface area contributed by atoms with Gasteiger partial charge in [-0.05, 0) is 23.6 Å². The fraction of sp³-hybridized carbons (Fsp3) is 0.368. The Hall–Kier alpha value is -2.11. The lowest BCUT2D eigenvalue weighted by Gasteiger charge is -2.26. The molecule has 1 aliphatic heterocycles. The summed E-state index contributed by atoms with van der Waals surface area (Å²) < 4.78 is 5.28. The molecule has 6 heteroatoms. The van der Waals surface area contributed by atoms with E-state index in [-0.39, 0.29) is 5.91 Å². The summed E-state index contributed by atoms with van der Waals surface area (Å²) in [5.74, 6) is 0.534. The van der Waals surface area contributed by atoms with E-state index in [1.54, 1.807) is 17.2 Å². The van der Waals surface area contributed by atoms with Crippen molar-refractivity contribution in [2.45, 2.75) is 19.9 Å². The number of carbonyl (C=O) groups is 1. The van der Waals surface area contributed by atoms with Crippen LogP contribution in [0.25, 0.3) is 0 Å². The van der Waals surface area contributed by atoms with Crippen molar-refractivity contribution in [1.29, 1.82) is 0 Å². The number of amides is 1. The van der Waals surface area contributed by atoms with Gasteiger partial charge in [-0.1, -0.05) is 42.8 Å². The summed E-state index contributed by atoms with van der Waals surface area (Å²) >= 11 is 6.33. The van der Waals surface area contributed by atoms with Crippen molar-refractivity contribution in [2.75, 3.05) is 31.6 Å². The maximum absolute atomic E-state index is 12.5. The summed E-state index contributed by atoms with van der Waals surface area (Å²) in [5.41, 5.74) is 3.02. The van der Waals surface area contributed by atoms with E-state index in [9.17, 15) is 4.79 Å².